The highest BCUT2D eigenvalue weighted by Crippen LogP contribution is 2.34. The molecule has 0 bridgehead atoms. The summed E-state index contributed by atoms with van der Waals surface area (Å²) >= 11 is 5.86. The van der Waals surface area contributed by atoms with Crippen LogP contribution in [0.3, 0.4) is 0 Å². The van der Waals surface area contributed by atoms with Gasteiger partial charge in [0.1, 0.15) is 0 Å². The zero-order chi connectivity index (χ0) is 12.1. The van der Waals surface area contributed by atoms with Gasteiger partial charge in [-0.15, -0.1) is 0 Å². The van der Waals surface area contributed by atoms with Gasteiger partial charge in [-0.25, -0.2) is 0 Å². The van der Waals surface area contributed by atoms with Crippen molar-refractivity contribution in [1.82, 2.24) is 0 Å². The average molecular weight is 251 g/mol. The lowest BCUT2D eigenvalue weighted by molar-refractivity contribution is 0.0979. The van der Waals surface area contributed by atoms with E-state index in [2.05, 4.69) is 0 Å². The van der Waals surface area contributed by atoms with E-state index in [1.807, 2.05) is 12.1 Å². The van der Waals surface area contributed by atoms with Crippen molar-refractivity contribution >= 4 is 17.4 Å². The van der Waals surface area contributed by atoms with Gasteiger partial charge in [0.25, 0.3) is 0 Å². The number of benzene rings is 1. The third kappa shape index (κ3) is 4.51. The lowest BCUT2D eigenvalue weighted by Crippen LogP contribution is -1.98. The van der Waals surface area contributed by atoms with Crippen LogP contribution >= 0.6 is 11.6 Å². The van der Waals surface area contributed by atoms with Crippen molar-refractivity contribution in [2.45, 2.75) is 44.9 Å². The standard InChI is InChI=1S/C15H19ClO/c16-14-7-4-6-13(11-14)15(17)8-3-1-2-5-12-9-10-12/h4,6-7,11-12H,1-3,5,8-10H2. The van der Waals surface area contributed by atoms with Crippen molar-refractivity contribution in [1.29, 1.82) is 0 Å². The summed E-state index contributed by atoms with van der Waals surface area (Å²) in [5, 5.41) is 0.643. The Morgan fingerprint density at radius 3 is 2.76 bits per heavy atom. The Labute approximate surface area is 108 Å². The van der Waals surface area contributed by atoms with Gasteiger partial charge >= 0.3 is 0 Å². The van der Waals surface area contributed by atoms with Crippen molar-refractivity contribution < 1.29 is 4.79 Å². The van der Waals surface area contributed by atoms with Crippen LogP contribution in [0.5, 0.6) is 0 Å². The molecule has 1 aliphatic rings. The van der Waals surface area contributed by atoms with Crippen LogP contribution in [0.2, 0.25) is 5.02 Å². The van der Waals surface area contributed by atoms with Crippen LogP contribution < -0.4 is 0 Å². The molecule has 0 amide bonds. The van der Waals surface area contributed by atoms with E-state index in [9.17, 15) is 4.79 Å². The summed E-state index contributed by atoms with van der Waals surface area (Å²) in [4.78, 5) is 11.8. The molecule has 0 atom stereocenters. The Hall–Kier alpha value is -0.820. The predicted octanol–water partition coefficient (Wildman–Crippen LogP) is 4.88. The maximum Gasteiger partial charge on any atom is 0.162 e. The van der Waals surface area contributed by atoms with Crippen LogP contribution in [0.1, 0.15) is 55.3 Å². The first-order chi connectivity index (χ1) is 8.25. The summed E-state index contributed by atoms with van der Waals surface area (Å²) in [6.45, 7) is 0. The first-order valence-corrected chi connectivity index (χ1v) is 6.92. The fraction of sp³-hybridized carbons (Fsp3) is 0.533. The minimum atomic E-state index is 0.221. The summed E-state index contributed by atoms with van der Waals surface area (Å²) in [5.41, 5.74) is 0.750. The van der Waals surface area contributed by atoms with E-state index in [4.69, 9.17) is 11.6 Å². The molecule has 1 aromatic rings. The molecule has 0 spiro atoms. The second kappa shape index (κ2) is 6.20. The molecule has 17 heavy (non-hydrogen) atoms. The van der Waals surface area contributed by atoms with Crippen molar-refractivity contribution in [2.24, 2.45) is 5.92 Å². The Kier molecular flexibility index (Phi) is 4.61. The first-order valence-electron chi connectivity index (χ1n) is 6.54. The SMILES string of the molecule is O=C(CCCCCC1CC1)c1cccc(Cl)c1. The number of rotatable bonds is 7. The van der Waals surface area contributed by atoms with Gasteiger partial charge in [-0.3, -0.25) is 4.79 Å². The number of Topliss-reactive ketones (excluding diaryl/α,β-unsaturated/α-hetero) is 1. The van der Waals surface area contributed by atoms with E-state index in [0.717, 1.165) is 17.9 Å². The van der Waals surface area contributed by atoms with E-state index >= 15 is 0 Å². The largest absolute Gasteiger partial charge is 0.294 e. The Morgan fingerprint density at radius 2 is 2.06 bits per heavy atom. The lowest BCUT2D eigenvalue weighted by Gasteiger charge is -2.02. The monoisotopic (exact) mass is 250 g/mol. The van der Waals surface area contributed by atoms with E-state index in [-0.39, 0.29) is 5.78 Å². The molecule has 1 aromatic carbocycles. The molecule has 2 heteroatoms. The number of halogens is 1. The second-order valence-corrected chi connectivity index (χ2v) is 5.41. The van der Waals surface area contributed by atoms with Gasteiger partial charge in [-0.2, -0.15) is 0 Å². The van der Waals surface area contributed by atoms with Crippen LogP contribution in [0.4, 0.5) is 0 Å². The second-order valence-electron chi connectivity index (χ2n) is 4.98. The summed E-state index contributed by atoms with van der Waals surface area (Å²) in [6, 6.07) is 7.24. The molecule has 1 fully saturated rings. The molecule has 92 valence electrons. The molecule has 0 saturated heterocycles. The molecule has 0 aromatic heterocycles. The molecule has 1 nitrogen and oxygen atoms in total. The molecular weight excluding hydrogens is 232 g/mol. The molecular formula is C15H19ClO. The molecule has 1 aliphatic carbocycles. The highest BCUT2D eigenvalue weighted by molar-refractivity contribution is 6.31. The van der Waals surface area contributed by atoms with Gasteiger partial charge in [0.05, 0.1) is 0 Å². The molecule has 1 saturated carbocycles. The predicted molar refractivity (Wildman–Crippen MR) is 71.6 cm³/mol. The smallest absolute Gasteiger partial charge is 0.162 e. The van der Waals surface area contributed by atoms with Crippen molar-refractivity contribution in [3.8, 4) is 0 Å². The van der Waals surface area contributed by atoms with Gasteiger partial charge < -0.3 is 0 Å². The highest BCUT2D eigenvalue weighted by Gasteiger charge is 2.19. The van der Waals surface area contributed by atoms with Crippen LogP contribution in [0, 0.1) is 5.92 Å². The van der Waals surface area contributed by atoms with E-state index in [1.54, 1.807) is 12.1 Å². The van der Waals surface area contributed by atoms with Crippen LogP contribution in [-0.2, 0) is 0 Å². The van der Waals surface area contributed by atoms with Crippen molar-refractivity contribution in [2.75, 3.05) is 0 Å². The average Bonchev–Trinajstić information content (AvgIpc) is 3.12. The Bertz CT molecular complexity index is 382. The molecule has 0 aliphatic heterocycles. The quantitative estimate of drug-likeness (QED) is 0.498. The van der Waals surface area contributed by atoms with Crippen molar-refractivity contribution in [3.05, 3.63) is 34.9 Å². The minimum absolute atomic E-state index is 0.221. The summed E-state index contributed by atoms with van der Waals surface area (Å²) in [6.07, 6.45) is 8.37. The third-order valence-corrected chi connectivity index (χ3v) is 3.59. The number of ketones is 1. The maximum atomic E-state index is 11.8. The summed E-state index contributed by atoms with van der Waals surface area (Å²) in [5.74, 6) is 1.23. The molecule has 0 unspecified atom stereocenters. The topological polar surface area (TPSA) is 17.1 Å². The van der Waals surface area contributed by atoms with Gasteiger partial charge in [0, 0.05) is 17.0 Å². The number of hydrogen-bond donors (Lipinski definition) is 0. The number of unbranched alkanes of at least 4 members (excludes halogenated alkanes) is 2. The number of hydrogen-bond acceptors (Lipinski definition) is 1. The van der Waals surface area contributed by atoms with Crippen LogP contribution in [0.25, 0.3) is 0 Å². The fourth-order valence-electron chi connectivity index (χ4n) is 2.11. The van der Waals surface area contributed by atoms with E-state index in [1.165, 1.54) is 32.1 Å². The lowest BCUT2D eigenvalue weighted by atomic mass is 10.0. The summed E-state index contributed by atoms with van der Waals surface area (Å²) < 4.78 is 0. The molecule has 0 N–H and O–H groups in total. The van der Waals surface area contributed by atoms with Crippen molar-refractivity contribution in [3.63, 3.8) is 0 Å². The van der Waals surface area contributed by atoms with Gasteiger partial charge in [0.15, 0.2) is 5.78 Å². The van der Waals surface area contributed by atoms with E-state index in [0.29, 0.717) is 11.4 Å². The van der Waals surface area contributed by atoms with E-state index < -0.39 is 0 Å². The fourth-order valence-corrected chi connectivity index (χ4v) is 2.30. The highest BCUT2D eigenvalue weighted by atomic mass is 35.5. The van der Waals surface area contributed by atoms with Gasteiger partial charge in [-0.1, -0.05) is 55.8 Å². The zero-order valence-corrected chi connectivity index (χ0v) is 10.9. The summed E-state index contributed by atoms with van der Waals surface area (Å²) in [7, 11) is 0. The normalized spacial score (nSPS) is 14.9. The first kappa shape index (κ1) is 12.6. The van der Waals surface area contributed by atoms with Gasteiger partial charge in [0.2, 0.25) is 0 Å². The Morgan fingerprint density at radius 1 is 1.24 bits per heavy atom. The Balaban J connectivity index is 1.65. The van der Waals surface area contributed by atoms with Gasteiger partial charge in [-0.05, 0) is 24.5 Å². The minimum Gasteiger partial charge on any atom is -0.294 e. The van der Waals surface area contributed by atoms with Crippen LogP contribution in [0.15, 0.2) is 24.3 Å². The number of carbonyl (C=O) groups excluding carboxylic acids is 1. The van der Waals surface area contributed by atoms with Crippen LogP contribution in [-0.4, -0.2) is 5.78 Å². The zero-order valence-electron chi connectivity index (χ0n) is 10.1. The number of carbonyl (C=O) groups is 1. The molecule has 2 rings (SSSR count). The molecule has 0 heterocycles. The maximum absolute atomic E-state index is 11.8. The third-order valence-electron chi connectivity index (χ3n) is 3.36. The molecule has 0 radical (unpaired) electrons.